The van der Waals surface area contributed by atoms with Crippen LogP contribution in [0.25, 0.3) is 10.8 Å². The molecule has 0 fully saturated rings. The molecule has 2 aromatic rings. The summed E-state index contributed by atoms with van der Waals surface area (Å²) in [6.07, 6.45) is 0.934. The molecule has 0 N–H and O–H groups in total. The summed E-state index contributed by atoms with van der Waals surface area (Å²) in [7, 11) is -0.156. The summed E-state index contributed by atoms with van der Waals surface area (Å²) in [6, 6.07) is 11.5. The first-order valence-electron chi connectivity index (χ1n) is 8.91. The van der Waals surface area contributed by atoms with Crippen LogP contribution >= 0.6 is 0 Å². The van der Waals surface area contributed by atoms with Crippen molar-refractivity contribution < 1.29 is 32.8 Å². The maximum atomic E-state index is 6.44. The molecule has 26 heavy (non-hydrogen) atoms. The minimum atomic E-state index is -1.79. The zero-order valence-electron chi connectivity index (χ0n) is 17.7. The smallest absolute Gasteiger partial charge is 0.469 e. The first-order chi connectivity index (χ1) is 11.7. The molecule has 0 spiro atoms. The standard InChI is InChI=1S/C21H31O3Si.Li/c1-8-16-10-9-11-18-17(14-24-25(6,7)21(2,3)4)12-13-19(20(16)18)23-15-22-5;/h10-13H,8,14-15H2,1-7H3;/q-1;+1. The van der Waals surface area contributed by atoms with E-state index in [1.807, 2.05) is 18.2 Å². The molecule has 138 valence electrons. The van der Waals surface area contributed by atoms with Gasteiger partial charge in [0.05, 0.1) is 0 Å². The van der Waals surface area contributed by atoms with Crippen molar-refractivity contribution >= 4 is 19.1 Å². The molecule has 3 nitrogen and oxygen atoms in total. The Hall–Kier alpha value is -0.766. The molecule has 5 heteroatoms. The van der Waals surface area contributed by atoms with Crippen LogP contribution in [0.1, 0.15) is 38.8 Å². The van der Waals surface area contributed by atoms with Gasteiger partial charge in [0.15, 0.2) is 15.1 Å². The van der Waals surface area contributed by atoms with Crippen LogP contribution in [0.4, 0.5) is 0 Å². The van der Waals surface area contributed by atoms with Crippen molar-refractivity contribution in [2.45, 2.75) is 58.9 Å². The molecule has 2 aromatic carbocycles. The first kappa shape index (κ1) is 23.3. The van der Waals surface area contributed by atoms with Crippen LogP contribution in [0.3, 0.4) is 0 Å². The Morgan fingerprint density at radius 1 is 1.08 bits per heavy atom. The first-order valence-corrected chi connectivity index (χ1v) is 11.8. The van der Waals surface area contributed by atoms with E-state index in [4.69, 9.17) is 13.9 Å². The van der Waals surface area contributed by atoms with Gasteiger partial charge in [-0.2, -0.15) is 18.2 Å². The molecular formula is C21H31LiO3Si. The maximum Gasteiger partial charge on any atom is 1.00 e. The molecule has 0 aliphatic rings. The Morgan fingerprint density at radius 3 is 2.35 bits per heavy atom. The fraction of sp³-hybridized carbons (Fsp3) is 0.524. The minimum absolute atomic E-state index is 0. The molecule has 0 saturated heterocycles. The Balaban J connectivity index is 0.00000338. The normalized spacial score (nSPS) is 12.1. The number of hydrogen-bond acceptors (Lipinski definition) is 3. The van der Waals surface area contributed by atoms with E-state index in [2.05, 4.69) is 52.9 Å². The molecule has 2 rings (SSSR count). The molecule has 0 heterocycles. The maximum absolute atomic E-state index is 6.44. The number of methoxy groups -OCH3 is 1. The molecule has 0 aliphatic heterocycles. The molecule has 0 unspecified atom stereocenters. The van der Waals surface area contributed by atoms with Crippen LogP contribution in [-0.4, -0.2) is 22.2 Å². The summed E-state index contributed by atoms with van der Waals surface area (Å²) in [5.41, 5.74) is 2.42. The second-order valence-electron chi connectivity index (χ2n) is 7.95. The average Bonchev–Trinajstić information content (AvgIpc) is 2.56. The summed E-state index contributed by atoms with van der Waals surface area (Å²) in [4.78, 5) is 0. The van der Waals surface area contributed by atoms with Crippen LogP contribution in [-0.2, 0) is 22.2 Å². The quantitative estimate of drug-likeness (QED) is 0.428. The third-order valence-corrected chi connectivity index (χ3v) is 9.69. The monoisotopic (exact) mass is 366 g/mol. The van der Waals surface area contributed by atoms with E-state index in [9.17, 15) is 0 Å². The second-order valence-corrected chi connectivity index (χ2v) is 12.8. The molecule has 0 radical (unpaired) electrons. The SMILES string of the molecule is CCc1c[c-]cc2c(CO[Si](C)(C)C(C)(C)C)ccc(OCOC)c12.[Li+]. The Morgan fingerprint density at radius 2 is 1.77 bits per heavy atom. The van der Waals surface area contributed by atoms with Crippen LogP contribution in [0.15, 0.2) is 24.3 Å². The molecule has 0 bridgehead atoms. The van der Waals surface area contributed by atoms with Crippen LogP contribution in [0, 0.1) is 6.07 Å². The van der Waals surface area contributed by atoms with Crippen molar-refractivity contribution in [2.75, 3.05) is 13.9 Å². The topological polar surface area (TPSA) is 27.7 Å². The van der Waals surface area contributed by atoms with Gasteiger partial charge in [-0.05, 0) is 24.2 Å². The largest absolute Gasteiger partial charge is 1.00 e. The second kappa shape index (κ2) is 9.44. The predicted molar refractivity (Wildman–Crippen MR) is 107 cm³/mol. The predicted octanol–water partition coefficient (Wildman–Crippen LogP) is 2.71. The number of benzene rings is 2. The molecule has 0 atom stereocenters. The van der Waals surface area contributed by atoms with Crippen molar-refractivity contribution in [1.82, 2.24) is 0 Å². The van der Waals surface area contributed by atoms with Crippen molar-refractivity contribution in [1.29, 1.82) is 0 Å². The van der Waals surface area contributed by atoms with Crippen LogP contribution < -0.4 is 23.6 Å². The summed E-state index contributed by atoms with van der Waals surface area (Å²) < 4.78 is 17.3. The van der Waals surface area contributed by atoms with Gasteiger partial charge in [-0.15, -0.1) is 10.9 Å². The van der Waals surface area contributed by atoms with E-state index in [-0.39, 0.29) is 30.7 Å². The zero-order chi connectivity index (χ0) is 18.7. The number of hydrogen-bond donors (Lipinski definition) is 0. The van der Waals surface area contributed by atoms with Crippen LogP contribution in [0.2, 0.25) is 18.1 Å². The number of aryl methyl sites for hydroxylation is 1. The fourth-order valence-electron chi connectivity index (χ4n) is 2.56. The third kappa shape index (κ3) is 5.15. The van der Waals surface area contributed by atoms with Gasteiger partial charge in [0, 0.05) is 13.7 Å². The minimum Gasteiger partial charge on any atom is -0.469 e. The number of fused-ring (bicyclic) bond motifs is 1. The fourth-order valence-corrected chi connectivity index (χ4v) is 3.51. The Kier molecular flexibility index (Phi) is 8.45. The van der Waals surface area contributed by atoms with Gasteiger partial charge in [0.2, 0.25) is 0 Å². The van der Waals surface area contributed by atoms with E-state index in [0.717, 1.165) is 22.9 Å². The molecule has 0 aromatic heterocycles. The summed E-state index contributed by atoms with van der Waals surface area (Å²) >= 11 is 0. The average molecular weight is 367 g/mol. The van der Waals surface area contributed by atoms with Gasteiger partial charge >= 0.3 is 18.9 Å². The number of ether oxygens (including phenoxy) is 2. The Bertz CT molecular complexity index is 723. The van der Waals surface area contributed by atoms with Crippen molar-refractivity contribution in [2.24, 2.45) is 0 Å². The van der Waals surface area contributed by atoms with Crippen molar-refractivity contribution in [3.63, 3.8) is 0 Å². The van der Waals surface area contributed by atoms with Gasteiger partial charge in [-0.1, -0.05) is 51.1 Å². The van der Waals surface area contributed by atoms with Gasteiger partial charge in [-0.25, -0.2) is 0 Å². The van der Waals surface area contributed by atoms with E-state index < -0.39 is 8.32 Å². The van der Waals surface area contributed by atoms with Crippen molar-refractivity contribution in [3.8, 4) is 5.75 Å². The van der Waals surface area contributed by atoms with Crippen molar-refractivity contribution in [3.05, 3.63) is 41.5 Å². The third-order valence-electron chi connectivity index (χ3n) is 5.21. The molecule has 0 saturated carbocycles. The van der Waals surface area contributed by atoms with E-state index in [1.54, 1.807) is 7.11 Å². The zero-order valence-corrected chi connectivity index (χ0v) is 18.7. The van der Waals surface area contributed by atoms with Crippen LogP contribution in [0.5, 0.6) is 5.75 Å². The molecule has 0 aliphatic carbocycles. The van der Waals surface area contributed by atoms with Gasteiger partial charge in [0.25, 0.3) is 0 Å². The van der Waals surface area contributed by atoms with E-state index >= 15 is 0 Å². The van der Waals surface area contributed by atoms with E-state index in [1.165, 1.54) is 11.1 Å². The van der Waals surface area contributed by atoms with Gasteiger partial charge in [-0.3, -0.25) is 0 Å². The summed E-state index contributed by atoms with van der Waals surface area (Å²) in [6.45, 7) is 14.4. The van der Waals surface area contributed by atoms with E-state index in [0.29, 0.717) is 6.61 Å². The number of rotatable bonds is 7. The molecular weight excluding hydrogens is 335 g/mol. The van der Waals surface area contributed by atoms with Gasteiger partial charge in [0.1, 0.15) is 5.75 Å². The summed E-state index contributed by atoms with van der Waals surface area (Å²) in [5.74, 6) is 0.860. The molecule has 0 amide bonds. The van der Waals surface area contributed by atoms with Gasteiger partial charge < -0.3 is 13.9 Å². The Labute approximate surface area is 171 Å². The summed E-state index contributed by atoms with van der Waals surface area (Å²) in [5, 5.41) is 2.51.